The number of furan rings is 1. The highest BCUT2D eigenvalue weighted by Gasteiger charge is 2.17. The first-order valence-corrected chi connectivity index (χ1v) is 10.2. The lowest BCUT2D eigenvalue weighted by atomic mass is 10.1. The van der Waals surface area contributed by atoms with Crippen molar-refractivity contribution in [3.8, 4) is 0 Å². The smallest absolute Gasteiger partial charge is 0.241 e. The highest BCUT2D eigenvalue weighted by atomic mass is 32.2. The number of nitrogens with one attached hydrogen (secondary N) is 2. The van der Waals surface area contributed by atoms with Gasteiger partial charge < -0.3 is 9.73 Å². The maximum Gasteiger partial charge on any atom is 0.241 e. The van der Waals surface area contributed by atoms with Crippen LogP contribution in [0, 0.1) is 13.8 Å². The molecule has 0 saturated heterocycles. The summed E-state index contributed by atoms with van der Waals surface area (Å²) in [5.74, 6) is 0.271. The Hall–Kier alpha value is -2.91. The topological polar surface area (TPSA) is 106 Å². The van der Waals surface area contributed by atoms with Gasteiger partial charge in [-0.3, -0.25) is 9.48 Å². The molecule has 2 heterocycles. The molecule has 0 aliphatic heterocycles. The summed E-state index contributed by atoms with van der Waals surface area (Å²) >= 11 is 0. The second kappa shape index (κ2) is 7.99. The second-order valence-electron chi connectivity index (χ2n) is 6.43. The standard InChI is InChI=1S/C19H22N4O4S/c1-13-18(14(2)23(3)22-13)11-19(24)21-15-6-4-8-17(10-15)28(25,26)20-12-16-7-5-9-27-16/h4-10,20H,11-12H2,1-3H3,(H,21,24). The van der Waals surface area contributed by atoms with Crippen LogP contribution in [0.5, 0.6) is 0 Å². The summed E-state index contributed by atoms with van der Waals surface area (Å²) in [7, 11) is -1.91. The van der Waals surface area contributed by atoms with Crippen molar-refractivity contribution < 1.29 is 17.6 Å². The molecule has 0 saturated carbocycles. The molecule has 28 heavy (non-hydrogen) atoms. The maximum absolute atomic E-state index is 12.5. The van der Waals surface area contributed by atoms with Crippen molar-refractivity contribution in [2.75, 3.05) is 5.32 Å². The number of aromatic nitrogens is 2. The van der Waals surface area contributed by atoms with Gasteiger partial charge in [0.05, 0.1) is 29.8 Å². The van der Waals surface area contributed by atoms with Crippen molar-refractivity contribution >= 4 is 21.6 Å². The monoisotopic (exact) mass is 402 g/mol. The fourth-order valence-corrected chi connectivity index (χ4v) is 3.88. The number of anilines is 1. The molecule has 2 N–H and O–H groups in total. The lowest BCUT2D eigenvalue weighted by Crippen LogP contribution is -2.23. The van der Waals surface area contributed by atoms with Crippen molar-refractivity contribution in [1.82, 2.24) is 14.5 Å². The molecular formula is C19H22N4O4S. The van der Waals surface area contributed by atoms with Gasteiger partial charge in [-0.2, -0.15) is 5.10 Å². The van der Waals surface area contributed by atoms with E-state index in [0.717, 1.165) is 17.0 Å². The van der Waals surface area contributed by atoms with Crippen LogP contribution < -0.4 is 10.0 Å². The van der Waals surface area contributed by atoms with Crippen LogP contribution in [0.4, 0.5) is 5.69 Å². The van der Waals surface area contributed by atoms with Gasteiger partial charge in [0, 0.05) is 24.0 Å². The van der Waals surface area contributed by atoms with Crippen molar-refractivity contribution in [1.29, 1.82) is 0 Å². The number of benzene rings is 1. The molecule has 8 nitrogen and oxygen atoms in total. The molecule has 9 heteroatoms. The van der Waals surface area contributed by atoms with Gasteiger partial charge in [0.2, 0.25) is 15.9 Å². The van der Waals surface area contributed by atoms with E-state index in [1.807, 2.05) is 20.9 Å². The van der Waals surface area contributed by atoms with Crippen LogP contribution in [0.2, 0.25) is 0 Å². The minimum absolute atomic E-state index is 0.0471. The molecule has 0 aliphatic carbocycles. The zero-order chi connectivity index (χ0) is 20.3. The zero-order valence-corrected chi connectivity index (χ0v) is 16.7. The Morgan fingerprint density at radius 1 is 1.21 bits per heavy atom. The van der Waals surface area contributed by atoms with E-state index in [1.54, 1.807) is 28.9 Å². The Morgan fingerprint density at radius 2 is 2.00 bits per heavy atom. The number of aryl methyl sites for hydroxylation is 2. The van der Waals surface area contributed by atoms with Crippen LogP contribution >= 0.6 is 0 Å². The summed E-state index contributed by atoms with van der Waals surface area (Å²) in [5, 5.41) is 7.05. The lowest BCUT2D eigenvalue weighted by Gasteiger charge is -2.09. The summed E-state index contributed by atoms with van der Waals surface area (Å²) in [6.45, 7) is 3.81. The number of carbonyl (C=O) groups excluding carboxylic acids is 1. The molecule has 2 aromatic heterocycles. The third-order valence-electron chi connectivity index (χ3n) is 4.44. The molecule has 3 aromatic rings. The molecule has 0 atom stereocenters. The molecule has 0 fully saturated rings. The van der Waals surface area contributed by atoms with Crippen molar-refractivity contribution in [2.24, 2.45) is 7.05 Å². The first-order valence-electron chi connectivity index (χ1n) is 8.67. The van der Waals surface area contributed by atoms with E-state index < -0.39 is 10.0 Å². The van der Waals surface area contributed by atoms with Gasteiger partial charge in [0.15, 0.2) is 0 Å². The summed E-state index contributed by atoms with van der Waals surface area (Å²) in [6.07, 6.45) is 1.64. The molecule has 3 rings (SSSR count). The van der Waals surface area contributed by atoms with Crippen LogP contribution in [0.15, 0.2) is 52.0 Å². The zero-order valence-electron chi connectivity index (χ0n) is 15.9. The van der Waals surface area contributed by atoms with Crippen LogP contribution in [-0.2, 0) is 34.8 Å². The van der Waals surface area contributed by atoms with Crippen LogP contribution in [0.3, 0.4) is 0 Å². The van der Waals surface area contributed by atoms with E-state index in [2.05, 4.69) is 15.1 Å². The minimum Gasteiger partial charge on any atom is -0.468 e. The highest BCUT2D eigenvalue weighted by Crippen LogP contribution is 2.18. The Kier molecular flexibility index (Phi) is 5.66. The van der Waals surface area contributed by atoms with E-state index >= 15 is 0 Å². The Balaban J connectivity index is 1.69. The van der Waals surface area contributed by atoms with Gasteiger partial charge in [0.1, 0.15) is 5.76 Å². The maximum atomic E-state index is 12.5. The number of sulfonamides is 1. The van der Waals surface area contributed by atoms with E-state index in [9.17, 15) is 13.2 Å². The fourth-order valence-electron chi connectivity index (χ4n) is 2.84. The number of amides is 1. The molecule has 0 unspecified atom stereocenters. The molecule has 0 bridgehead atoms. The van der Waals surface area contributed by atoms with Gasteiger partial charge >= 0.3 is 0 Å². The predicted molar refractivity (Wildman–Crippen MR) is 104 cm³/mol. The quantitative estimate of drug-likeness (QED) is 0.631. The van der Waals surface area contributed by atoms with Gasteiger partial charge in [-0.05, 0) is 44.2 Å². The number of rotatable bonds is 7. The molecule has 1 amide bonds. The van der Waals surface area contributed by atoms with Crippen LogP contribution in [-0.4, -0.2) is 24.1 Å². The highest BCUT2D eigenvalue weighted by molar-refractivity contribution is 7.89. The first-order chi connectivity index (χ1) is 13.3. The van der Waals surface area contributed by atoms with E-state index in [4.69, 9.17) is 4.42 Å². The average molecular weight is 402 g/mol. The Morgan fingerprint density at radius 3 is 2.64 bits per heavy atom. The summed E-state index contributed by atoms with van der Waals surface area (Å²) < 4.78 is 34.3. The first kappa shape index (κ1) is 19.8. The molecule has 0 aliphatic rings. The Labute approximate surface area is 163 Å². The van der Waals surface area contributed by atoms with E-state index in [-0.39, 0.29) is 23.8 Å². The summed E-state index contributed by atoms with van der Waals surface area (Å²) in [6, 6.07) is 9.48. The molecule has 148 valence electrons. The van der Waals surface area contributed by atoms with Crippen molar-refractivity contribution in [2.45, 2.75) is 31.7 Å². The molecule has 0 spiro atoms. The van der Waals surface area contributed by atoms with Crippen LogP contribution in [0.25, 0.3) is 0 Å². The molecular weight excluding hydrogens is 380 g/mol. The number of hydrogen-bond acceptors (Lipinski definition) is 5. The SMILES string of the molecule is Cc1nn(C)c(C)c1CC(=O)Nc1cccc(S(=O)(=O)NCc2ccco2)c1. The van der Waals surface area contributed by atoms with Gasteiger partial charge in [-0.25, -0.2) is 13.1 Å². The largest absolute Gasteiger partial charge is 0.468 e. The third kappa shape index (κ3) is 4.49. The Bertz CT molecular complexity index is 1090. The average Bonchev–Trinajstić information content (AvgIpc) is 3.25. The third-order valence-corrected chi connectivity index (χ3v) is 5.84. The van der Waals surface area contributed by atoms with E-state index in [1.165, 1.54) is 18.4 Å². The number of hydrogen-bond donors (Lipinski definition) is 2. The summed E-state index contributed by atoms with van der Waals surface area (Å²) in [5.41, 5.74) is 2.99. The molecule has 1 aromatic carbocycles. The normalized spacial score (nSPS) is 11.5. The number of carbonyl (C=O) groups is 1. The number of nitrogens with zero attached hydrogens (tertiary/aromatic N) is 2. The fraction of sp³-hybridized carbons (Fsp3) is 0.263. The predicted octanol–water partition coefficient (Wildman–Crippen LogP) is 2.29. The van der Waals surface area contributed by atoms with Crippen molar-refractivity contribution in [3.63, 3.8) is 0 Å². The minimum atomic E-state index is -3.74. The van der Waals surface area contributed by atoms with Crippen LogP contribution in [0.1, 0.15) is 22.7 Å². The molecule has 0 radical (unpaired) electrons. The second-order valence-corrected chi connectivity index (χ2v) is 8.20. The van der Waals surface area contributed by atoms with Gasteiger partial charge in [0.25, 0.3) is 0 Å². The summed E-state index contributed by atoms with van der Waals surface area (Å²) in [4.78, 5) is 12.5. The van der Waals surface area contributed by atoms with Gasteiger partial charge in [-0.15, -0.1) is 0 Å². The van der Waals surface area contributed by atoms with Crippen molar-refractivity contribution in [3.05, 3.63) is 65.4 Å². The van der Waals surface area contributed by atoms with Gasteiger partial charge in [-0.1, -0.05) is 6.07 Å². The van der Waals surface area contributed by atoms with E-state index in [0.29, 0.717) is 11.4 Å². The lowest BCUT2D eigenvalue weighted by molar-refractivity contribution is -0.115.